The molecule has 1 amide bonds. The molecule has 0 aliphatic carbocycles. The maximum atomic E-state index is 13.1. The lowest BCUT2D eigenvalue weighted by Gasteiger charge is -2.05. The van der Waals surface area contributed by atoms with E-state index in [-0.39, 0.29) is 17.5 Å². The minimum Gasteiger partial charge on any atom is -0.382 e. The van der Waals surface area contributed by atoms with E-state index in [1.807, 2.05) is 19.1 Å². The van der Waals surface area contributed by atoms with Crippen molar-refractivity contribution < 1.29 is 9.18 Å². The third-order valence-corrected chi connectivity index (χ3v) is 4.37. The lowest BCUT2D eigenvalue weighted by molar-refractivity contribution is 0.0953. The maximum Gasteiger partial charge on any atom is 0.251 e. The van der Waals surface area contributed by atoms with Gasteiger partial charge in [-0.2, -0.15) is 10.4 Å². The van der Waals surface area contributed by atoms with Crippen molar-refractivity contribution in [3.63, 3.8) is 0 Å². The molecule has 0 radical (unpaired) electrons. The molecule has 0 atom stereocenters. The molecule has 3 aromatic rings. The number of halogens is 1. The van der Waals surface area contributed by atoms with E-state index in [4.69, 9.17) is 5.73 Å². The van der Waals surface area contributed by atoms with E-state index < -0.39 is 0 Å². The summed E-state index contributed by atoms with van der Waals surface area (Å²) in [7, 11) is 0. The average molecular weight is 377 g/mol. The zero-order valence-corrected chi connectivity index (χ0v) is 15.4. The first kappa shape index (κ1) is 19.1. The van der Waals surface area contributed by atoms with Crippen LogP contribution in [-0.4, -0.2) is 22.2 Å². The number of nitrogens with zero attached hydrogens (tertiary/aromatic N) is 3. The van der Waals surface area contributed by atoms with Crippen molar-refractivity contribution in [2.45, 2.75) is 19.8 Å². The van der Waals surface area contributed by atoms with Crippen molar-refractivity contribution in [1.29, 1.82) is 5.26 Å². The molecule has 6 nitrogen and oxygen atoms in total. The van der Waals surface area contributed by atoms with Gasteiger partial charge in [-0.25, -0.2) is 9.07 Å². The van der Waals surface area contributed by atoms with Crippen LogP contribution in [0.2, 0.25) is 0 Å². The number of nitrogens with two attached hydrogens (primary N) is 1. The summed E-state index contributed by atoms with van der Waals surface area (Å²) in [4.78, 5) is 12.1. The Balaban J connectivity index is 1.63. The highest BCUT2D eigenvalue weighted by Crippen LogP contribution is 2.21. The van der Waals surface area contributed by atoms with Crippen molar-refractivity contribution >= 4 is 11.7 Å². The fourth-order valence-corrected chi connectivity index (χ4v) is 2.82. The van der Waals surface area contributed by atoms with Crippen LogP contribution in [-0.2, 0) is 6.42 Å². The molecule has 28 heavy (non-hydrogen) atoms. The molecule has 0 saturated heterocycles. The predicted octanol–water partition coefficient (Wildman–Crippen LogP) is 3.14. The normalized spacial score (nSPS) is 10.5. The molecular weight excluding hydrogens is 357 g/mol. The summed E-state index contributed by atoms with van der Waals surface area (Å²) in [6.45, 7) is 2.41. The van der Waals surface area contributed by atoms with Gasteiger partial charge in [-0.05, 0) is 56.2 Å². The first-order valence-electron chi connectivity index (χ1n) is 8.88. The number of aryl methyl sites for hydroxylation is 2. The molecule has 0 saturated carbocycles. The van der Waals surface area contributed by atoms with Gasteiger partial charge in [-0.15, -0.1) is 0 Å². The van der Waals surface area contributed by atoms with Crippen LogP contribution in [0.15, 0.2) is 48.5 Å². The predicted molar refractivity (Wildman–Crippen MR) is 104 cm³/mol. The number of rotatable bonds is 6. The number of nitrogens with one attached hydrogen (secondary N) is 1. The number of carbonyl (C=O) groups is 1. The van der Waals surface area contributed by atoms with E-state index in [2.05, 4.69) is 16.5 Å². The quantitative estimate of drug-likeness (QED) is 0.645. The number of hydrogen-bond donors (Lipinski definition) is 2. The van der Waals surface area contributed by atoms with Crippen LogP contribution >= 0.6 is 0 Å². The lowest BCUT2D eigenvalue weighted by Crippen LogP contribution is -2.24. The summed E-state index contributed by atoms with van der Waals surface area (Å²) in [6.07, 6.45) is 1.08. The summed E-state index contributed by atoms with van der Waals surface area (Å²) < 4.78 is 14.5. The van der Waals surface area contributed by atoms with Crippen LogP contribution in [0.25, 0.3) is 5.69 Å². The fraction of sp³-hybridized carbons (Fsp3) is 0.190. The highest BCUT2D eigenvalue weighted by atomic mass is 19.1. The van der Waals surface area contributed by atoms with E-state index in [1.54, 1.807) is 24.3 Å². The molecule has 1 heterocycles. The van der Waals surface area contributed by atoms with Crippen LogP contribution in [0.5, 0.6) is 0 Å². The molecule has 0 bridgehead atoms. The second kappa shape index (κ2) is 8.35. The van der Waals surface area contributed by atoms with Gasteiger partial charge in [0.05, 0.1) is 11.4 Å². The third kappa shape index (κ3) is 4.18. The third-order valence-electron chi connectivity index (χ3n) is 4.37. The zero-order chi connectivity index (χ0) is 20.1. The average Bonchev–Trinajstić information content (AvgIpc) is 3.01. The molecule has 0 fully saturated rings. The Morgan fingerprint density at radius 2 is 1.89 bits per heavy atom. The Kier molecular flexibility index (Phi) is 5.70. The molecule has 0 aliphatic heterocycles. The number of amides is 1. The summed E-state index contributed by atoms with van der Waals surface area (Å²) in [5, 5.41) is 16.7. The molecule has 2 aromatic carbocycles. The van der Waals surface area contributed by atoms with Crippen molar-refractivity contribution in [1.82, 2.24) is 15.1 Å². The molecule has 0 aliphatic rings. The Bertz CT molecular complexity index is 1020. The number of nitriles is 1. The second-order valence-electron chi connectivity index (χ2n) is 6.43. The highest BCUT2D eigenvalue weighted by Gasteiger charge is 2.16. The number of carbonyl (C=O) groups excluding carboxylic acids is 1. The second-order valence-corrected chi connectivity index (χ2v) is 6.43. The molecule has 3 rings (SSSR count). The standard InChI is InChI=1S/C21H20FN5O/c1-14-4-6-15(7-5-14)21(28)25-12-2-3-19-18(13-23)20(24)27(26-19)17-10-8-16(22)9-11-17/h4-11H,2-3,12,24H2,1H3,(H,25,28). The maximum absolute atomic E-state index is 13.1. The number of benzene rings is 2. The smallest absolute Gasteiger partial charge is 0.251 e. The lowest BCUT2D eigenvalue weighted by atomic mass is 10.1. The molecule has 1 aromatic heterocycles. The Labute approximate surface area is 162 Å². The zero-order valence-electron chi connectivity index (χ0n) is 15.4. The van der Waals surface area contributed by atoms with Crippen molar-refractivity contribution in [3.05, 3.63) is 76.7 Å². The topological polar surface area (TPSA) is 96.7 Å². The van der Waals surface area contributed by atoms with Crippen molar-refractivity contribution in [2.75, 3.05) is 12.3 Å². The molecule has 142 valence electrons. The molecule has 0 spiro atoms. The first-order chi connectivity index (χ1) is 13.5. The van der Waals surface area contributed by atoms with Gasteiger partial charge in [0, 0.05) is 12.1 Å². The Morgan fingerprint density at radius 3 is 2.54 bits per heavy atom. The van der Waals surface area contributed by atoms with Crippen molar-refractivity contribution in [3.8, 4) is 11.8 Å². The van der Waals surface area contributed by atoms with Gasteiger partial charge < -0.3 is 11.1 Å². The molecular formula is C21H20FN5O. The molecule has 3 N–H and O–H groups in total. The van der Waals surface area contributed by atoms with Crippen LogP contribution in [0.3, 0.4) is 0 Å². The van der Waals surface area contributed by atoms with Crippen LogP contribution in [0, 0.1) is 24.1 Å². The van der Waals surface area contributed by atoms with E-state index in [0.29, 0.717) is 41.9 Å². The van der Waals surface area contributed by atoms with Crippen LogP contribution in [0.1, 0.15) is 33.6 Å². The summed E-state index contributed by atoms with van der Waals surface area (Å²) in [6, 6.07) is 15.1. The highest BCUT2D eigenvalue weighted by molar-refractivity contribution is 5.94. The van der Waals surface area contributed by atoms with Gasteiger partial charge >= 0.3 is 0 Å². The van der Waals surface area contributed by atoms with E-state index in [9.17, 15) is 14.4 Å². The monoisotopic (exact) mass is 377 g/mol. The fourth-order valence-electron chi connectivity index (χ4n) is 2.82. The van der Waals surface area contributed by atoms with Crippen LogP contribution < -0.4 is 11.1 Å². The van der Waals surface area contributed by atoms with E-state index in [0.717, 1.165) is 5.56 Å². The SMILES string of the molecule is Cc1ccc(C(=O)NCCCc2nn(-c3ccc(F)cc3)c(N)c2C#N)cc1. The van der Waals surface area contributed by atoms with Gasteiger partial charge in [0.2, 0.25) is 0 Å². The largest absolute Gasteiger partial charge is 0.382 e. The summed E-state index contributed by atoms with van der Waals surface area (Å²) >= 11 is 0. The first-order valence-corrected chi connectivity index (χ1v) is 8.88. The summed E-state index contributed by atoms with van der Waals surface area (Å²) in [5.74, 6) is -0.288. The minimum atomic E-state index is -0.362. The van der Waals surface area contributed by atoms with E-state index in [1.165, 1.54) is 16.8 Å². The number of anilines is 1. The minimum absolute atomic E-state index is 0.142. The van der Waals surface area contributed by atoms with Gasteiger partial charge in [-0.3, -0.25) is 4.79 Å². The Morgan fingerprint density at radius 1 is 1.21 bits per heavy atom. The molecule has 0 unspecified atom stereocenters. The van der Waals surface area contributed by atoms with Crippen molar-refractivity contribution in [2.24, 2.45) is 0 Å². The van der Waals surface area contributed by atoms with Gasteiger partial charge in [-0.1, -0.05) is 17.7 Å². The number of hydrogen-bond acceptors (Lipinski definition) is 4. The van der Waals surface area contributed by atoms with Gasteiger partial charge in [0.25, 0.3) is 5.91 Å². The number of aromatic nitrogens is 2. The van der Waals surface area contributed by atoms with Gasteiger partial charge in [0.1, 0.15) is 23.3 Å². The summed E-state index contributed by atoms with van der Waals surface area (Å²) in [5.41, 5.74) is 9.17. The van der Waals surface area contributed by atoms with E-state index >= 15 is 0 Å². The number of nitrogen functional groups attached to an aromatic ring is 1. The van der Waals surface area contributed by atoms with Gasteiger partial charge in [0.15, 0.2) is 0 Å². The molecule has 7 heteroatoms. The Hall–Kier alpha value is -3.66. The van der Waals surface area contributed by atoms with Crippen LogP contribution in [0.4, 0.5) is 10.2 Å².